The summed E-state index contributed by atoms with van der Waals surface area (Å²) in [6, 6.07) is -1.08. The molecule has 0 radical (unpaired) electrons. The van der Waals surface area contributed by atoms with Gasteiger partial charge in [0.05, 0.1) is 25.4 Å². The van der Waals surface area contributed by atoms with E-state index >= 15 is 0 Å². The highest BCUT2D eigenvalue weighted by molar-refractivity contribution is 5.81. The van der Waals surface area contributed by atoms with Crippen molar-refractivity contribution in [1.29, 1.82) is 0 Å². The van der Waals surface area contributed by atoms with Crippen LogP contribution in [0.5, 0.6) is 0 Å². The maximum Gasteiger partial charge on any atom is 0.306 e. The standard InChI is InChI=1S/C73H117NO10/c1-4-7-10-13-16-19-22-25-27-29-31-32-33-34-35-36-37-39-41-43-46-49-52-55-58-61-68(78)84-71-70(80)69(79)67(62-75)83-73(71)82-63-64(65(76)59-56-53-50-47-44-24-21-18-15-12-9-6-3)74-72(81)66(77)60-57-54-51-48-45-42-40-38-30-28-26-23-20-17-14-11-8-5-2/h7-8,10-11,16-17,19-20,25-28,31-32,34-35,37-40,45,48,54,56-57,59,64-67,69-71,73,75-77,79-80H,4-6,9,12-15,18,21-24,29-30,33,36,41-44,46-47,49-53,55,58,60-63H2,1-3H3,(H,74,81)/b10-7-,11-8-,19-16-,20-17-,27-25-,28-26-,32-31-,35-34-,39-37-,40-38-,48-45-,57-54-,59-56+. The minimum absolute atomic E-state index is 0.0475. The highest BCUT2D eigenvalue weighted by atomic mass is 16.7. The average Bonchev–Trinajstić information content (AvgIpc) is 3.69. The van der Waals surface area contributed by atoms with Crippen molar-refractivity contribution in [2.75, 3.05) is 13.2 Å². The first-order valence-corrected chi connectivity index (χ1v) is 32.8. The van der Waals surface area contributed by atoms with Crippen LogP contribution < -0.4 is 5.32 Å². The number of amides is 1. The lowest BCUT2D eigenvalue weighted by Gasteiger charge is -2.41. The molecule has 1 fully saturated rings. The summed E-state index contributed by atoms with van der Waals surface area (Å²) < 4.78 is 17.6. The average molecular weight is 1170 g/mol. The van der Waals surface area contributed by atoms with Crippen LogP contribution in [0.1, 0.15) is 226 Å². The molecule has 8 atom stereocenters. The van der Waals surface area contributed by atoms with E-state index in [4.69, 9.17) is 14.2 Å². The lowest BCUT2D eigenvalue weighted by molar-refractivity contribution is -0.305. The van der Waals surface area contributed by atoms with Crippen molar-refractivity contribution >= 4 is 11.9 Å². The summed E-state index contributed by atoms with van der Waals surface area (Å²) >= 11 is 0. The summed E-state index contributed by atoms with van der Waals surface area (Å²) in [5, 5.41) is 57.0. The lowest BCUT2D eigenvalue weighted by atomic mass is 9.99. The van der Waals surface area contributed by atoms with E-state index in [9.17, 15) is 35.1 Å². The van der Waals surface area contributed by atoms with Gasteiger partial charge in [0.2, 0.25) is 5.91 Å². The van der Waals surface area contributed by atoms with Crippen molar-refractivity contribution in [3.05, 3.63) is 158 Å². The van der Waals surface area contributed by atoms with Crippen molar-refractivity contribution < 1.29 is 49.3 Å². The monoisotopic (exact) mass is 1170 g/mol. The van der Waals surface area contributed by atoms with Crippen LogP contribution in [0.3, 0.4) is 0 Å². The number of nitrogens with one attached hydrogen (secondary N) is 1. The molecule has 1 heterocycles. The van der Waals surface area contributed by atoms with Gasteiger partial charge in [-0.3, -0.25) is 9.59 Å². The number of ether oxygens (including phenoxy) is 3. The number of hydrogen-bond donors (Lipinski definition) is 6. The number of allylic oxidation sites excluding steroid dienone is 24. The van der Waals surface area contributed by atoms with Gasteiger partial charge in [-0.15, -0.1) is 0 Å². The molecule has 0 saturated carbocycles. The third-order valence-electron chi connectivity index (χ3n) is 14.2. The molecule has 0 bridgehead atoms. The van der Waals surface area contributed by atoms with E-state index in [1.165, 1.54) is 44.9 Å². The second-order valence-corrected chi connectivity index (χ2v) is 21.7. The molecule has 1 amide bonds. The predicted octanol–water partition coefficient (Wildman–Crippen LogP) is 16.3. The number of esters is 1. The fourth-order valence-electron chi connectivity index (χ4n) is 9.08. The van der Waals surface area contributed by atoms with Crippen molar-refractivity contribution in [1.82, 2.24) is 5.32 Å². The second kappa shape index (κ2) is 58.7. The Labute approximate surface area is 510 Å². The van der Waals surface area contributed by atoms with E-state index in [1.807, 2.05) is 18.2 Å². The van der Waals surface area contributed by atoms with Crippen molar-refractivity contribution in [3.8, 4) is 0 Å². The van der Waals surface area contributed by atoms with Crippen LogP contribution in [0.25, 0.3) is 0 Å². The molecule has 0 spiro atoms. The van der Waals surface area contributed by atoms with E-state index in [-0.39, 0.29) is 19.4 Å². The number of carbonyl (C=O) groups excluding carboxylic acids is 2. The zero-order valence-corrected chi connectivity index (χ0v) is 52.4. The Morgan fingerprint density at radius 2 is 0.857 bits per heavy atom. The van der Waals surface area contributed by atoms with Gasteiger partial charge in [0, 0.05) is 12.8 Å². The summed E-state index contributed by atoms with van der Waals surface area (Å²) in [5.74, 6) is -1.31. The number of unbranched alkanes of at least 4 members (excludes halogenated alkanes) is 16. The van der Waals surface area contributed by atoms with E-state index < -0.39 is 67.4 Å². The highest BCUT2D eigenvalue weighted by Gasteiger charge is 2.47. The van der Waals surface area contributed by atoms with Crippen LogP contribution >= 0.6 is 0 Å². The van der Waals surface area contributed by atoms with Gasteiger partial charge < -0.3 is 45.1 Å². The van der Waals surface area contributed by atoms with Crippen molar-refractivity contribution in [3.63, 3.8) is 0 Å². The highest BCUT2D eigenvalue weighted by Crippen LogP contribution is 2.26. The van der Waals surface area contributed by atoms with Crippen LogP contribution in [-0.4, -0.2) is 99.6 Å². The third kappa shape index (κ3) is 45.6. The molecular weight excluding hydrogens is 1050 g/mol. The minimum atomic E-state index is -1.65. The Morgan fingerprint density at radius 3 is 1.29 bits per heavy atom. The lowest BCUT2D eigenvalue weighted by Crippen LogP contribution is -2.61. The van der Waals surface area contributed by atoms with Gasteiger partial charge in [0.1, 0.15) is 24.4 Å². The number of hydrogen-bond acceptors (Lipinski definition) is 10. The molecule has 1 aliphatic heterocycles. The van der Waals surface area contributed by atoms with Crippen LogP contribution in [0.2, 0.25) is 0 Å². The van der Waals surface area contributed by atoms with E-state index in [0.29, 0.717) is 12.8 Å². The molecule has 11 nitrogen and oxygen atoms in total. The second-order valence-electron chi connectivity index (χ2n) is 21.7. The number of aliphatic hydroxyl groups is 5. The quantitative estimate of drug-likeness (QED) is 0.0195. The summed E-state index contributed by atoms with van der Waals surface area (Å²) in [6.07, 6.45) is 75.8. The first-order valence-electron chi connectivity index (χ1n) is 32.8. The number of carbonyl (C=O) groups is 2. The normalized spacial score (nSPS) is 19.5. The van der Waals surface area contributed by atoms with Crippen molar-refractivity contribution in [2.24, 2.45) is 0 Å². The Balaban J connectivity index is 2.69. The molecule has 0 aromatic heterocycles. The summed E-state index contributed by atoms with van der Waals surface area (Å²) in [4.78, 5) is 26.6. The first kappa shape index (κ1) is 77.3. The molecule has 84 heavy (non-hydrogen) atoms. The fourth-order valence-corrected chi connectivity index (χ4v) is 9.08. The number of rotatable bonds is 53. The van der Waals surface area contributed by atoms with Gasteiger partial charge in [-0.1, -0.05) is 262 Å². The molecule has 1 rings (SSSR count). The van der Waals surface area contributed by atoms with E-state index in [0.717, 1.165) is 135 Å². The third-order valence-corrected chi connectivity index (χ3v) is 14.2. The van der Waals surface area contributed by atoms with Gasteiger partial charge >= 0.3 is 5.97 Å². The smallest absolute Gasteiger partial charge is 0.306 e. The van der Waals surface area contributed by atoms with Gasteiger partial charge in [-0.2, -0.15) is 0 Å². The van der Waals surface area contributed by atoms with E-state index in [1.54, 1.807) is 12.2 Å². The maximum atomic E-state index is 13.4. The Kier molecular flexibility index (Phi) is 54.0. The predicted molar refractivity (Wildman–Crippen MR) is 351 cm³/mol. The molecule has 1 aliphatic rings. The van der Waals surface area contributed by atoms with Crippen LogP contribution in [0, 0.1) is 0 Å². The largest absolute Gasteiger partial charge is 0.454 e. The molecule has 0 aromatic carbocycles. The van der Waals surface area contributed by atoms with Gasteiger partial charge in [0.25, 0.3) is 0 Å². The van der Waals surface area contributed by atoms with Crippen molar-refractivity contribution in [2.45, 2.75) is 275 Å². The zero-order valence-electron chi connectivity index (χ0n) is 52.4. The molecule has 8 unspecified atom stereocenters. The van der Waals surface area contributed by atoms with E-state index in [2.05, 4.69) is 154 Å². The molecular formula is C73H117NO10. The molecule has 474 valence electrons. The van der Waals surface area contributed by atoms with Crippen LogP contribution in [0.4, 0.5) is 0 Å². The summed E-state index contributed by atoms with van der Waals surface area (Å²) in [5.41, 5.74) is 0. The maximum absolute atomic E-state index is 13.4. The molecule has 6 N–H and O–H groups in total. The molecule has 0 aromatic rings. The first-order chi connectivity index (χ1) is 41.2. The Morgan fingerprint density at radius 1 is 0.476 bits per heavy atom. The fraction of sp³-hybridized carbons (Fsp3) is 0.616. The van der Waals surface area contributed by atoms with Crippen LogP contribution in [0.15, 0.2) is 158 Å². The number of aliphatic hydroxyl groups excluding tert-OH is 5. The molecule has 0 aliphatic carbocycles. The van der Waals surface area contributed by atoms with Gasteiger partial charge in [-0.25, -0.2) is 0 Å². The Hall–Kier alpha value is -4.72. The zero-order chi connectivity index (χ0) is 61.0. The SMILES string of the molecule is CC/C=C\C/C=C\C/C=C\C/C=C\C/C=C\C/C=C\CCCCCCCCC(=O)OC1C(OCC(NC(=O)C(O)C/C=C\C/C=C\C/C=C\C/C=C\C/C=C\C/C=C\CC)C(O)/C=C/CCCCCCCCCCCC)OC(CO)C(O)C1O. The summed E-state index contributed by atoms with van der Waals surface area (Å²) in [7, 11) is 0. The Bertz CT molecular complexity index is 1970. The molecule has 1 saturated heterocycles. The molecule has 11 heteroatoms. The van der Waals surface area contributed by atoms with Gasteiger partial charge in [0.15, 0.2) is 12.4 Å². The van der Waals surface area contributed by atoms with Crippen LogP contribution in [-0.2, 0) is 23.8 Å². The summed E-state index contributed by atoms with van der Waals surface area (Å²) in [6.45, 7) is 5.49. The van der Waals surface area contributed by atoms with Gasteiger partial charge in [-0.05, 0) is 109 Å². The topological polar surface area (TPSA) is 175 Å². The minimum Gasteiger partial charge on any atom is -0.454 e.